The minimum Gasteiger partial charge on any atom is -0.492 e. The van der Waals surface area contributed by atoms with Crippen LogP contribution in [0.5, 0.6) is 5.75 Å². The van der Waals surface area contributed by atoms with Gasteiger partial charge in [0.2, 0.25) is 0 Å². The summed E-state index contributed by atoms with van der Waals surface area (Å²) < 4.78 is 42.7. The molecule has 0 spiro atoms. The molecule has 2 rings (SSSR count). The van der Waals surface area contributed by atoms with E-state index in [4.69, 9.17) is 10.5 Å². The molecule has 0 unspecified atom stereocenters. The van der Waals surface area contributed by atoms with Gasteiger partial charge in [-0.25, -0.2) is 0 Å². The van der Waals surface area contributed by atoms with Crippen LogP contribution in [-0.2, 0) is 6.18 Å². The molecule has 5 heteroatoms. The average Bonchev–Trinajstić information content (AvgIpc) is 2.37. The van der Waals surface area contributed by atoms with Crippen molar-refractivity contribution in [3.05, 3.63) is 29.8 Å². The predicted octanol–water partition coefficient (Wildman–Crippen LogP) is 3.75. The maximum atomic E-state index is 12.4. The fourth-order valence-corrected chi connectivity index (χ4v) is 2.37. The van der Waals surface area contributed by atoms with Crippen molar-refractivity contribution < 1.29 is 17.9 Å². The molecule has 0 heterocycles. The fraction of sp³-hybridized carbons (Fsp3) is 0.571. The van der Waals surface area contributed by atoms with Crippen LogP contribution < -0.4 is 10.5 Å². The average molecular weight is 273 g/mol. The van der Waals surface area contributed by atoms with Gasteiger partial charge in [-0.2, -0.15) is 13.2 Å². The molecule has 0 amide bonds. The van der Waals surface area contributed by atoms with Crippen molar-refractivity contribution in [1.29, 1.82) is 0 Å². The van der Waals surface area contributed by atoms with Gasteiger partial charge in [0.15, 0.2) is 0 Å². The summed E-state index contributed by atoms with van der Waals surface area (Å²) in [5, 5.41) is 0. The fourth-order valence-electron chi connectivity index (χ4n) is 2.37. The molecule has 0 aromatic heterocycles. The van der Waals surface area contributed by atoms with E-state index in [9.17, 15) is 13.2 Å². The first-order chi connectivity index (χ1) is 8.89. The zero-order valence-corrected chi connectivity index (χ0v) is 10.7. The molecule has 0 saturated heterocycles. The summed E-state index contributed by atoms with van der Waals surface area (Å²) in [6, 6.07) is 4.74. The molecule has 106 valence electrons. The van der Waals surface area contributed by atoms with E-state index in [0.717, 1.165) is 37.8 Å². The third kappa shape index (κ3) is 3.86. The highest BCUT2D eigenvalue weighted by Crippen LogP contribution is 2.31. The molecule has 1 aliphatic carbocycles. The maximum Gasteiger partial charge on any atom is 0.416 e. The van der Waals surface area contributed by atoms with Crippen LogP contribution in [0.15, 0.2) is 24.3 Å². The van der Waals surface area contributed by atoms with Crippen LogP contribution in [0.3, 0.4) is 0 Å². The summed E-state index contributed by atoms with van der Waals surface area (Å²) in [5.41, 5.74) is 5.20. The largest absolute Gasteiger partial charge is 0.492 e. The van der Waals surface area contributed by atoms with Crippen LogP contribution in [-0.4, -0.2) is 12.1 Å². The molecule has 0 bridgehead atoms. The van der Waals surface area contributed by atoms with Gasteiger partial charge in [-0.15, -0.1) is 0 Å². The van der Waals surface area contributed by atoms with Crippen LogP contribution in [0.4, 0.5) is 13.2 Å². The van der Waals surface area contributed by atoms with Crippen molar-refractivity contribution >= 4 is 0 Å². The lowest BCUT2D eigenvalue weighted by Gasteiger charge is -2.33. The molecule has 19 heavy (non-hydrogen) atoms. The van der Waals surface area contributed by atoms with Crippen LogP contribution in [0.25, 0.3) is 0 Å². The lowest BCUT2D eigenvalue weighted by molar-refractivity contribution is -0.137. The number of rotatable bonds is 3. The standard InChI is InChI=1S/C14H18F3NO/c15-14(16,17)11-4-6-12(7-5-11)19-10-13(18)8-2-1-3-9-13/h4-7H,1-3,8-10,18H2. The summed E-state index contributed by atoms with van der Waals surface area (Å²) in [5.74, 6) is 0.434. The minimum atomic E-state index is -4.31. The van der Waals surface area contributed by atoms with Crippen molar-refractivity contribution in [2.45, 2.75) is 43.8 Å². The van der Waals surface area contributed by atoms with Gasteiger partial charge in [-0.05, 0) is 37.1 Å². The van der Waals surface area contributed by atoms with Crippen LogP contribution in [0.2, 0.25) is 0 Å². The Hall–Kier alpha value is -1.23. The number of nitrogens with two attached hydrogens (primary N) is 1. The first kappa shape index (κ1) is 14.2. The van der Waals surface area contributed by atoms with Crippen LogP contribution in [0, 0.1) is 0 Å². The van der Waals surface area contributed by atoms with E-state index >= 15 is 0 Å². The Morgan fingerprint density at radius 2 is 1.63 bits per heavy atom. The molecule has 1 aromatic carbocycles. The molecular weight excluding hydrogens is 255 g/mol. The quantitative estimate of drug-likeness (QED) is 0.910. The third-order valence-corrected chi connectivity index (χ3v) is 3.56. The van der Waals surface area contributed by atoms with Crippen LogP contribution in [0.1, 0.15) is 37.7 Å². The Balaban J connectivity index is 1.93. The number of hydrogen-bond acceptors (Lipinski definition) is 2. The van der Waals surface area contributed by atoms with Gasteiger partial charge in [0, 0.05) is 0 Å². The summed E-state index contributed by atoms with van der Waals surface area (Å²) in [7, 11) is 0. The van der Waals surface area contributed by atoms with E-state index in [1.165, 1.54) is 18.6 Å². The number of ether oxygens (including phenoxy) is 1. The molecule has 1 aliphatic rings. The lowest BCUT2D eigenvalue weighted by Crippen LogP contribution is -2.47. The Labute approximate surface area is 110 Å². The van der Waals surface area contributed by atoms with Gasteiger partial charge < -0.3 is 10.5 Å². The lowest BCUT2D eigenvalue weighted by atomic mass is 9.83. The highest BCUT2D eigenvalue weighted by molar-refractivity contribution is 5.29. The van der Waals surface area contributed by atoms with Crippen molar-refractivity contribution in [1.82, 2.24) is 0 Å². The number of benzene rings is 1. The number of halogens is 3. The maximum absolute atomic E-state index is 12.4. The van der Waals surface area contributed by atoms with Gasteiger partial charge in [0.05, 0.1) is 11.1 Å². The van der Waals surface area contributed by atoms with E-state index in [-0.39, 0.29) is 5.54 Å². The Morgan fingerprint density at radius 3 is 2.16 bits per heavy atom. The third-order valence-electron chi connectivity index (χ3n) is 3.56. The normalized spacial score (nSPS) is 19.2. The van der Waals surface area contributed by atoms with E-state index in [1.54, 1.807) is 0 Å². The molecular formula is C14H18F3NO. The smallest absolute Gasteiger partial charge is 0.416 e. The summed E-state index contributed by atoms with van der Waals surface area (Å²) in [6.45, 7) is 0.359. The van der Waals surface area contributed by atoms with E-state index < -0.39 is 11.7 Å². The molecule has 0 radical (unpaired) electrons. The highest BCUT2D eigenvalue weighted by atomic mass is 19.4. The Morgan fingerprint density at radius 1 is 1.05 bits per heavy atom. The topological polar surface area (TPSA) is 35.2 Å². The summed E-state index contributed by atoms with van der Waals surface area (Å²) in [4.78, 5) is 0. The van der Waals surface area contributed by atoms with E-state index in [0.29, 0.717) is 12.4 Å². The van der Waals surface area contributed by atoms with Gasteiger partial charge >= 0.3 is 6.18 Å². The number of alkyl halides is 3. The first-order valence-corrected chi connectivity index (χ1v) is 6.48. The van der Waals surface area contributed by atoms with Crippen molar-refractivity contribution in [2.24, 2.45) is 5.73 Å². The molecule has 1 saturated carbocycles. The molecule has 2 N–H and O–H groups in total. The molecule has 1 fully saturated rings. The Bertz CT molecular complexity index is 408. The first-order valence-electron chi connectivity index (χ1n) is 6.48. The van der Waals surface area contributed by atoms with Gasteiger partial charge in [-0.1, -0.05) is 19.3 Å². The van der Waals surface area contributed by atoms with E-state index in [1.807, 2.05) is 0 Å². The zero-order valence-electron chi connectivity index (χ0n) is 10.7. The predicted molar refractivity (Wildman–Crippen MR) is 66.9 cm³/mol. The molecule has 2 nitrogen and oxygen atoms in total. The van der Waals surface area contributed by atoms with Gasteiger partial charge in [-0.3, -0.25) is 0 Å². The Kier molecular flexibility index (Phi) is 4.04. The monoisotopic (exact) mass is 273 g/mol. The van der Waals surface area contributed by atoms with Crippen molar-refractivity contribution in [2.75, 3.05) is 6.61 Å². The molecule has 0 aliphatic heterocycles. The number of hydrogen-bond donors (Lipinski definition) is 1. The zero-order chi connectivity index (χ0) is 13.9. The van der Waals surface area contributed by atoms with Crippen LogP contribution >= 0.6 is 0 Å². The van der Waals surface area contributed by atoms with Gasteiger partial charge in [0.25, 0.3) is 0 Å². The second kappa shape index (κ2) is 5.41. The summed E-state index contributed by atoms with van der Waals surface area (Å²) in [6.07, 6.45) is 0.886. The molecule has 1 aromatic rings. The second-order valence-corrected chi connectivity index (χ2v) is 5.23. The van der Waals surface area contributed by atoms with Gasteiger partial charge in [0.1, 0.15) is 12.4 Å². The van der Waals surface area contributed by atoms with E-state index in [2.05, 4.69) is 0 Å². The SMILES string of the molecule is NC1(COc2ccc(C(F)(F)F)cc2)CCCCC1. The molecule has 0 atom stereocenters. The highest BCUT2D eigenvalue weighted by Gasteiger charge is 2.30. The van der Waals surface area contributed by atoms with Crippen molar-refractivity contribution in [3.8, 4) is 5.75 Å². The van der Waals surface area contributed by atoms with Crippen molar-refractivity contribution in [3.63, 3.8) is 0 Å². The minimum absolute atomic E-state index is 0.332. The second-order valence-electron chi connectivity index (χ2n) is 5.23. The summed E-state index contributed by atoms with van der Waals surface area (Å²) >= 11 is 0.